The van der Waals surface area contributed by atoms with E-state index in [0.717, 1.165) is 46.6 Å². The fraction of sp³-hybridized carbons (Fsp3) is 0.364. The van der Waals surface area contributed by atoms with Gasteiger partial charge in [-0.25, -0.2) is 4.98 Å². The number of amides is 1. The van der Waals surface area contributed by atoms with Crippen LogP contribution in [0.25, 0.3) is 22.2 Å². The van der Waals surface area contributed by atoms with Crippen molar-refractivity contribution in [2.45, 2.75) is 26.4 Å². The smallest absolute Gasteiger partial charge is 0.239 e. The molecule has 0 spiro atoms. The lowest BCUT2D eigenvalue weighted by Crippen LogP contribution is -2.53. The van der Waals surface area contributed by atoms with Crippen molar-refractivity contribution < 1.29 is 13.9 Å². The second kappa shape index (κ2) is 7.28. The van der Waals surface area contributed by atoms with Crippen LogP contribution in [0.5, 0.6) is 5.75 Å². The zero-order valence-corrected chi connectivity index (χ0v) is 16.7. The Labute approximate surface area is 164 Å². The number of aromatic nitrogens is 1. The highest BCUT2D eigenvalue weighted by molar-refractivity contribution is 5.98. The van der Waals surface area contributed by atoms with E-state index in [1.165, 1.54) is 0 Å². The van der Waals surface area contributed by atoms with Crippen molar-refractivity contribution in [2.24, 2.45) is 0 Å². The molecule has 6 nitrogen and oxygen atoms in total. The largest absolute Gasteiger partial charge is 0.496 e. The molecule has 1 aliphatic rings. The highest BCUT2D eigenvalue weighted by Gasteiger charge is 2.30. The van der Waals surface area contributed by atoms with Gasteiger partial charge in [0.1, 0.15) is 11.5 Å². The minimum absolute atomic E-state index is 0.147. The summed E-state index contributed by atoms with van der Waals surface area (Å²) >= 11 is 0. The summed E-state index contributed by atoms with van der Waals surface area (Å²) < 4.78 is 11.5. The Bertz CT molecular complexity index is 1030. The fourth-order valence-corrected chi connectivity index (χ4v) is 3.79. The molecule has 1 unspecified atom stereocenters. The highest BCUT2D eigenvalue weighted by Crippen LogP contribution is 2.34. The van der Waals surface area contributed by atoms with Crippen LogP contribution in [0.3, 0.4) is 0 Å². The number of carbonyl (C=O) groups excluding carboxylic acids is 1. The summed E-state index contributed by atoms with van der Waals surface area (Å²) in [6, 6.07) is 11.8. The number of carbonyl (C=O) groups is 1. The van der Waals surface area contributed by atoms with Gasteiger partial charge in [0.05, 0.1) is 18.8 Å². The summed E-state index contributed by atoms with van der Waals surface area (Å²) in [5.74, 6) is 2.36. The molecule has 6 heteroatoms. The molecule has 146 valence electrons. The maximum atomic E-state index is 12.3. The molecule has 1 fully saturated rings. The van der Waals surface area contributed by atoms with E-state index in [4.69, 9.17) is 14.1 Å². The van der Waals surface area contributed by atoms with E-state index >= 15 is 0 Å². The van der Waals surface area contributed by atoms with E-state index in [9.17, 15) is 4.79 Å². The molecule has 0 bridgehead atoms. The molecule has 1 aliphatic heterocycles. The number of fused-ring (bicyclic) bond motifs is 1. The Morgan fingerprint density at radius 1 is 1.18 bits per heavy atom. The van der Waals surface area contributed by atoms with Crippen LogP contribution in [-0.2, 0) is 11.3 Å². The SMILES string of the molecule is COc1ccc(-c2nc(CN3CCN(C)C(=O)C3C)c(C)o2)c2ccccc12. The van der Waals surface area contributed by atoms with Crippen LogP contribution in [0, 0.1) is 6.92 Å². The first-order valence-electron chi connectivity index (χ1n) is 9.51. The minimum atomic E-state index is -0.153. The van der Waals surface area contributed by atoms with E-state index < -0.39 is 0 Å². The van der Waals surface area contributed by atoms with Gasteiger partial charge in [-0.1, -0.05) is 24.3 Å². The number of benzene rings is 2. The fourth-order valence-electron chi connectivity index (χ4n) is 3.79. The molecule has 0 N–H and O–H groups in total. The van der Waals surface area contributed by atoms with Gasteiger partial charge in [0.15, 0.2) is 0 Å². The zero-order chi connectivity index (χ0) is 19.8. The van der Waals surface area contributed by atoms with Gasteiger partial charge in [-0.05, 0) is 31.4 Å². The zero-order valence-electron chi connectivity index (χ0n) is 16.7. The number of methoxy groups -OCH3 is 1. The van der Waals surface area contributed by atoms with E-state index in [1.54, 1.807) is 12.0 Å². The normalized spacial score (nSPS) is 18.1. The third-order valence-electron chi connectivity index (χ3n) is 5.58. The van der Waals surface area contributed by atoms with Crippen LogP contribution >= 0.6 is 0 Å². The second-order valence-corrected chi connectivity index (χ2v) is 7.29. The van der Waals surface area contributed by atoms with Gasteiger partial charge >= 0.3 is 0 Å². The number of nitrogens with zero attached hydrogens (tertiary/aromatic N) is 3. The molecule has 4 rings (SSSR count). The molecule has 0 radical (unpaired) electrons. The van der Waals surface area contributed by atoms with Crippen molar-refractivity contribution in [3.8, 4) is 17.2 Å². The Balaban J connectivity index is 1.67. The molecule has 3 aromatic rings. The van der Waals surface area contributed by atoms with Gasteiger partial charge in [-0.3, -0.25) is 9.69 Å². The molecule has 1 amide bonds. The Kier molecular flexibility index (Phi) is 4.81. The van der Waals surface area contributed by atoms with Gasteiger partial charge in [0.2, 0.25) is 11.8 Å². The lowest BCUT2D eigenvalue weighted by Gasteiger charge is -2.36. The van der Waals surface area contributed by atoms with Gasteiger partial charge in [0.25, 0.3) is 0 Å². The van der Waals surface area contributed by atoms with Crippen LogP contribution in [-0.4, -0.2) is 54.0 Å². The summed E-state index contributed by atoms with van der Waals surface area (Å²) in [5.41, 5.74) is 1.81. The summed E-state index contributed by atoms with van der Waals surface area (Å²) in [4.78, 5) is 21.0. The Hall–Kier alpha value is -2.86. The summed E-state index contributed by atoms with van der Waals surface area (Å²) in [6.45, 7) is 6.04. The topological polar surface area (TPSA) is 58.8 Å². The second-order valence-electron chi connectivity index (χ2n) is 7.29. The average Bonchev–Trinajstić information content (AvgIpc) is 3.07. The summed E-state index contributed by atoms with van der Waals surface area (Å²) in [6.07, 6.45) is 0. The standard InChI is InChI=1S/C22H25N3O3/c1-14-22(26)24(3)11-12-25(14)13-19-15(2)28-21(23-19)18-9-10-20(27-4)17-8-6-5-7-16(17)18/h5-10,14H,11-13H2,1-4H3. The number of ether oxygens (including phenoxy) is 1. The first kappa shape index (κ1) is 18.5. The number of oxazole rings is 1. The summed E-state index contributed by atoms with van der Waals surface area (Å²) in [7, 11) is 3.53. The first-order chi connectivity index (χ1) is 13.5. The van der Waals surface area contributed by atoms with E-state index in [1.807, 2.05) is 57.3 Å². The number of rotatable bonds is 4. The van der Waals surface area contributed by atoms with Gasteiger partial charge in [0, 0.05) is 37.6 Å². The molecule has 0 saturated carbocycles. The lowest BCUT2D eigenvalue weighted by molar-refractivity contribution is -0.139. The predicted octanol–water partition coefficient (Wildman–Crippen LogP) is 3.47. The first-order valence-corrected chi connectivity index (χ1v) is 9.51. The number of aryl methyl sites for hydroxylation is 1. The highest BCUT2D eigenvalue weighted by atomic mass is 16.5. The third-order valence-corrected chi connectivity index (χ3v) is 5.58. The Morgan fingerprint density at radius 2 is 1.93 bits per heavy atom. The number of piperazine rings is 1. The van der Waals surface area contributed by atoms with E-state index in [2.05, 4.69) is 4.90 Å². The van der Waals surface area contributed by atoms with Crippen molar-refractivity contribution in [1.29, 1.82) is 0 Å². The van der Waals surface area contributed by atoms with Gasteiger partial charge in [-0.15, -0.1) is 0 Å². The molecule has 1 atom stereocenters. The van der Waals surface area contributed by atoms with Crippen molar-refractivity contribution in [3.05, 3.63) is 47.9 Å². The molecular formula is C22H25N3O3. The molecule has 1 saturated heterocycles. The monoisotopic (exact) mass is 379 g/mol. The number of likely N-dealkylation sites (N-methyl/N-ethyl adjacent to an activating group) is 1. The lowest BCUT2D eigenvalue weighted by atomic mass is 10.0. The predicted molar refractivity (Wildman–Crippen MR) is 108 cm³/mol. The molecule has 28 heavy (non-hydrogen) atoms. The average molecular weight is 379 g/mol. The van der Waals surface area contributed by atoms with E-state index in [0.29, 0.717) is 12.4 Å². The Morgan fingerprint density at radius 3 is 2.68 bits per heavy atom. The molecule has 0 aliphatic carbocycles. The third kappa shape index (κ3) is 3.14. The number of hydrogen-bond acceptors (Lipinski definition) is 5. The van der Waals surface area contributed by atoms with Crippen LogP contribution in [0.2, 0.25) is 0 Å². The minimum Gasteiger partial charge on any atom is -0.496 e. The van der Waals surface area contributed by atoms with Crippen molar-refractivity contribution >= 4 is 16.7 Å². The van der Waals surface area contributed by atoms with E-state index in [-0.39, 0.29) is 11.9 Å². The van der Waals surface area contributed by atoms with Crippen molar-refractivity contribution in [2.75, 3.05) is 27.2 Å². The maximum absolute atomic E-state index is 12.3. The van der Waals surface area contributed by atoms with Gasteiger partial charge in [-0.2, -0.15) is 0 Å². The van der Waals surface area contributed by atoms with Crippen molar-refractivity contribution in [3.63, 3.8) is 0 Å². The maximum Gasteiger partial charge on any atom is 0.239 e. The molecular weight excluding hydrogens is 354 g/mol. The summed E-state index contributed by atoms with van der Waals surface area (Å²) in [5, 5.41) is 2.07. The van der Waals surface area contributed by atoms with Crippen LogP contribution in [0.1, 0.15) is 18.4 Å². The van der Waals surface area contributed by atoms with Gasteiger partial charge < -0.3 is 14.1 Å². The van der Waals surface area contributed by atoms with Crippen molar-refractivity contribution in [1.82, 2.24) is 14.8 Å². The molecule has 2 aromatic carbocycles. The van der Waals surface area contributed by atoms with Crippen LogP contribution < -0.4 is 4.74 Å². The quantitative estimate of drug-likeness (QED) is 0.695. The van der Waals surface area contributed by atoms with Crippen LogP contribution in [0.4, 0.5) is 0 Å². The molecule has 1 aromatic heterocycles. The van der Waals surface area contributed by atoms with Crippen LogP contribution in [0.15, 0.2) is 40.8 Å². The number of hydrogen-bond donors (Lipinski definition) is 0. The molecule has 2 heterocycles.